The second-order valence-electron chi connectivity index (χ2n) is 5.78. The molecular formula is C18H25N3O2S. The lowest BCUT2D eigenvalue weighted by molar-refractivity contribution is 0.0951. The average Bonchev–Trinajstić information content (AvgIpc) is 3.11. The van der Waals surface area contributed by atoms with Gasteiger partial charge in [-0.1, -0.05) is 50.6 Å². The number of nitrogens with zero attached hydrogens (tertiary/aromatic N) is 1. The van der Waals surface area contributed by atoms with Gasteiger partial charge in [0.05, 0.1) is 6.04 Å². The third kappa shape index (κ3) is 5.39. The summed E-state index contributed by atoms with van der Waals surface area (Å²) in [6.07, 6.45) is 2.31. The van der Waals surface area contributed by atoms with Gasteiger partial charge in [0.2, 0.25) is 5.89 Å². The maximum absolute atomic E-state index is 12.1. The first kappa shape index (κ1) is 18.5. The zero-order valence-corrected chi connectivity index (χ0v) is 15.0. The fraction of sp³-hybridized carbons (Fsp3) is 0.444. The van der Waals surface area contributed by atoms with Crippen molar-refractivity contribution in [2.45, 2.75) is 32.1 Å². The van der Waals surface area contributed by atoms with Gasteiger partial charge in [0.1, 0.15) is 6.26 Å². The van der Waals surface area contributed by atoms with E-state index < -0.39 is 0 Å². The predicted molar refractivity (Wildman–Crippen MR) is 97.8 cm³/mol. The van der Waals surface area contributed by atoms with E-state index in [2.05, 4.69) is 29.4 Å². The zero-order valence-electron chi connectivity index (χ0n) is 14.2. The number of nitrogens with two attached hydrogens (primary N) is 1. The van der Waals surface area contributed by atoms with Crippen LogP contribution in [0.15, 0.2) is 41.0 Å². The van der Waals surface area contributed by atoms with Crippen LogP contribution in [-0.4, -0.2) is 23.2 Å². The second-order valence-corrected chi connectivity index (χ2v) is 6.88. The maximum Gasteiger partial charge on any atom is 0.273 e. The average molecular weight is 347 g/mol. The lowest BCUT2D eigenvalue weighted by Crippen LogP contribution is -2.26. The molecule has 1 aromatic heterocycles. The van der Waals surface area contributed by atoms with E-state index in [4.69, 9.17) is 10.2 Å². The van der Waals surface area contributed by atoms with Crippen molar-refractivity contribution in [3.05, 3.63) is 53.7 Å². The standard InChI is InChI=1S/C18H25N3O2S/c1-3-13(2)16(19)18-21-15(11-23-18)17(22)20-9-10-24-12-14-7-5-4-6-8-14/h4-8,11,13,16H,3,9-10,12,19H2,1-2H3,(H,20,22). The SMILES string of the molecule is CCC(C)C(N)c1nc(C(=O)NCCSCc2ccccc2)co1. The highest BCUT2D eigenvalue weighted by atomic mass is 32.2. The molecule has 1 aromatic carbocycles. The van der Waals surface area contributed by atoms with Crippen molar-refractivity contribution in [1.29, 1.82) is 0 Å². The molecule has 24 heavy (non-hydrogen) atoms. The van der Waals surface area contributed by atoms with Gasteiger partial charge in [0.15, 0.2) is 5.69 Å². The van der Waals surface area contributed by atoms with E-state index in [-0.39, 0.29) is 23.6 Å². The van der Waals surface area contributed by atoms with Crippen molar-refractivity contribution < 1.29 is 9.21 Å². The Morgan fingerprint density at radius 2 is 2.12 bits per heavy atom. The minimum Gasteiger partial charge on any atom is -0.446 e. The third-order valence-electron chi connectivity index (χ3n) is 3.94. The number of aromatic nitrogens is 1. The summed E-state index contributed by atoms with van der Waals surface area (Å²) in [6, 6.07) is 9.99. The molecule has 5 nitrogen and oxygen atoms in total. The van der Waals surface area contributed by atoms with E-state index in [0.717, 1.165) is 17.9 Å². The largest absolute Gasteiger partial charge is 0.446 e. The highest BCUT2D eigenvalue weighted by Gasteiger charge is 2.20. The van der Waals surface area contributed by atoms with Gasteiger partial charge in [-0.2, -0.15) is 11.8 Å². The molecule has 0 radical (unpaired) electrons. The lowest BCUT2D eigenvalue weighted by atomic mass is 10.0. The Balaban J connectivity index is 1.72. The van der Waals surface area contributed by atoms with E-state index in [1.54, 1.807) is 11.8 Å². The van der Waals surface area contributed by atoms with Crippen molar-refractivity contribution in [2.24, 2.45) is 11.7 Å². The maximum atomic E-state index is 12.1. The molecule has 2 unspecified atom stereocenters. The summed E-state index contributed by atoms with van der Waals surface area (Å²) in [5.41, 5.74) is 7.64. The number of carbonyl (C=O) groups is 1. The highest BCUT2D eigenvalue weighted by molar-refractivity contribution is 7.98. The van der Waals surface area contributed by atoms with E-state index in [1.807, 2.05) is 25.1 Å². The van der Waals surface area contributed by atoms with Crippen molar-refractivity contribution in [2.75, 3.05) is 12.3 Å². The molecule has 0 saturated heterocycles. The van der Waals surface area contributed by atoms with Gasteiger partial charge in [0, 0.05) is 18.1 Å². The molecule has 0 aliphatic rings. The van der Waals surface area contributed by atoms with Gasteiger partial charge in [0.25, 0.3) is 5.91 Å². The van der Waals surface area contributed by atoms with Crippen LogP contribution in [0.3, 0.4) is 0 Å². The molecule has 2 atom stereocenters. The van der Waals surface area contributed by atoms with Crippen LogP contribution in [0.5, 0.6) is 0 Å². The summed E-state index contributed by atoms with van der Waals surface area (Å²) < 4.78 is 5.35. The molecule has 0 bridgehead atoms. The van der Waals surface area contributed by atoms with Crippen LogP contribution in [-0.2, 0) is 5.75 Å². The Kier molecular flexibility index (Phi) is 7.34. The number of carbonyl (C=O) groups excluding carboxylic acids is 1. The molecule has 0 aliphatic carbocycles. The molecule has 0 fully saturated rings. The van der Waals surface area contributed by atoms with Crippen LogP contribution in [0.2, 0.25) is 0 Å². The van der Waals surface area contributed by atoms with Gasteiger partial charge < -0.3 is 15.5 Å². The molecule has 0 aliphatic heterocycles. The monoisotopic (exact) mass is 347 g/mol. The Morgan fingerprint density at radius 1 is 1.38 bits per heavy atom. The van der Waals surface area contributed by atoms with E-state index in [9.17, 15) is 4.79 Å². The number of oxazole rings is 1. The molecule has 130 valence electrons. The Hall–Kier alpha value is -1.79. The smallest absolute Gasteiger partial charge is 0.273 e. The fourth-order valence-electron chi connectivity index (χ4n) is 2.13. The van der Waals surface area contributed by atoms with Gasteiger partial charge in [-0.15, -0.1) is 0 Å². The summed E-state index contributed by atoms with van der Waals surface area (Å²) in [7, 11) is 0. The highest BCUT2D eigenvalue weighted by Crippen LogP contribution is 2.21. The van der Waals surface area contributed by atoms with Crippen molar-refractivity contribution in [3.8, 4) is 0 Å². The molecular weight excluding hydrogens is 322 g/mol. The van der Waals surface area contributed by atoms with Gasteiger partial charge in [-0.05, 0) is 11.5 Å². The van der Waals surface area contributed by atoms with Crippen LogP contribution in [0.25, 0.3) is 0 Å². The number of benzene rings is 1. The van der Waals surface area contributed by atoms with Crippen LogP contribution in [0.1, 0.15) is 48.3 Å². The molecule has 0 spiro atoms. The van der Waals surface area contributed by atoms with Crippen LogP contribution in [0, 0.1) is 5.92 Å². The summed E-state index contributed by atoms with van der Waals surface area (Å²) in [5, 5.41) is 2.86. The lowest BCUT2D eigenvalue weighted by Gasteiger charge is -2.13. The van der Waals surface area contributed by atoms with Gasteiger partial charge in [-0.3, -0.25) is 4.79 Å². The number of nitrogens with one attached hydrogen (secondary N) is 1. The molecule has 2 rings (SSSR count). The fourth-order valence-corrected chi connectivity index (χ4v) is 2.95. The Bertz CT molecular complexity index is 630. The van der Waals surface area contributed by atoms with Crippen molar-refractivity contribution >= 4 is 17.7 Å². The molecule has 3 N–H and O–H groups in total. The Morgan fingerprint density at radius 3 is 2.83 bits per heavy atom. The van der Waals surface area contributed by atoms with Crippen LogP contribution < -0.4 is 11.1 Å². The number of hydrogen-bond donors (Lipinski definition) is 2. The summed E-state index contributed by atoms with van der Waals surface area (Å²) in [6.45, 7) is 4.70. The number of hydrogen-bond acceptors (Lipinski definition) is 5. The predicted octanol–water partition coefficient (Wildman–Crippen LogP) is 3.38. The first-order valence-electron chi connectivity index (χ1n) is 8.22. The first-order chi connectivity index (χ1) is 11.6. The van der Waals surface area contributed by atoms with Crippen LogP contribution in [0.4, 0.5) is 0 Å². The molecule has 2 aromatic rings. The molecule has 0 saturated carbocycles. The number of rotatable bonds is 9. The summed E-state index contributed by atoms with van der Waals surface area (Å²) in [5.74, 6) is 2.25. The second kappa shape index (κ2) is 9.49. The van der Waals surface area contributed by atoms with Crippen LogP contribution >= 0.6 is 11.8 Å². The van der Waals surface area contributed by atoms with E-state index in [1.165, 1.54) is 11.8 Å². The normalized spacial score (nSPS) is 13.5. The Labute approximate surface area is 147 Å². The molecule has 1 amide bonds. The molecule has 6 heteroatoms. The van der Waals surface area contributed by atoms with Gasteiger partial charge >= 0.3 is 0 Å². The minimum atomic E-state index is -0.280. The summed E-state index contributed by atoms with van der Waals surface area (Å²) in [4.78, 5) is 16.3. The van der Waals surface area contributed by atoms with Crippen molar-refractivity contribution in [3.63, 3.8) is 0 Å². The zero-order chi connectivity index (χ0) is 17.4. The topological polar surface area (TPSA) is 81.1 Å². The van der Waals surface area contributed by atoms with Gasteiger partial charge in [-0.25, -0.2) is 4.98 Å². The summed E-state index contributed by atoms with van der Waals surface area (Å²) >= 11 is 1.78. The van der Waals surface area contributed by atoms with E-state index >= 15 is 0 Å². The van der Waals surface area contributed by atoms with E-state index in [0.29, 0.717) is 12.4 Å². The number of thioether (sulfide) groups is 1. The first-order valence-corrected chi connectivity index (χ1v) is 9.38. The third-order valence-corrected chi connectivity index (χ3v) is 4.97. The van der Waals surface area contributed by atoms with Crippen molar-refractivity contribution in [1.82, 2.24) is 10.3 Å². The minimum absolute atomic E-state index is 0.221. The molecule has 1 heterocycles. The number of amides is 1. The quantitative estimate of drug-likeness (QED) is 0.680.